The molecule has 1 heterocycles. The maximum absolute atomic E-state index is 13.0. The molecule has 1 saturated carbocycles. The van der Waals surface area contributed by atoms with E-state index in [4.69, 9.17) is 5.53 Å². The summed E-state index contributed by atoms with van der Waals surface area (Å²) in [5, 5.41) is 15.0. The first kappa shape index (κ1) is 23.6. The van der Waals surface area contributed by atoms with Crippen LogP contribution in [-0.4, -0.2) is 43.2 Å². The first-order valence-corrected chi connectivity index (χ1v) is 13.3. The molecule has 0 spiro atoms. The fraction of sp³-hybridized carbons (Fsp3) is 0.520. The van der Waals surface area contributed by atoms with Gasteiger partial charge in [0.15, 0.2) is 9.84 Å². The van der Waals surface area contributed by atoms with Crippen LogP contribution in [0.1, 0.15) is 44.7 Å². The fourth-order valence-electron chi connectivity index (χ4n) is 4.80. The van der Waals surface area contributed by atoms with Crippen LogP contribution in [0.25, 0.3) is 10.4 Å². The molecule has 1 aliphatic carbocycles. The molecule has 2 aliphatic rings. The van der Waals surface area contributed by atoms with Crippen molar-refractivity contribution in [1.29, 1.82) is 0 Å². The van der Waals surface area contributed by atoms with Gasteiger partial charge in [0.2, 0.25) is 0 Å². The van der Waals surface area contributed by atoms with Crippen molar-refractivity contribution in [2.24, 2.45) is 11.0 Å². The van der Waals surface area contributed by atoms with E-state index in [-0.39, 0.29) is 23.0 Å². The molecule has 1 saturated heterocycles. The Hall–Kier alpha value is -2.54. The van der Waals surface area contributed by atoms with Crippen LogP contribution in [0.2, 0.25) is 0 Å². The third kappa shape index (κ3) is 5.52. The van der Waals surface area contributed by atoms with Gasteiger partial charge in [-0.25, -0.2) is 8.42 Å². The van der Waals surface area contributed by atoms with Crippen molar-refractivity contribution in [1.82, 2.24) is 0 Å². The summed E-state index contributed by atoms with van der Waals surface area (Å²) in [4.78, 5) is 4.96. The van der Waals surface area contributed by atoms with Gasteiger partial charge in [0.05, 0.1) is 23.7 Å². The average Bonchev–Trinajstić information content (AvgIpc) is 3.57. The summed E-state index contributed by atoms with van der Waals surface area (Å²) in [5.74, 6) is -0.453. The van der Waals surface area contributed by atoms with Crippen LogP contribution >= 0.6 is 0 Å². The molecular formula is C25H32N4O3S. The summed E-state index contributed by atoms with van der Waals surface area (Å²) in [6.45, 7) is 6.49. The maximum Gasteiger partial charge on any atom is 0.152 e. The lowest BCUT2D eigenvalue weighted by atomic mass is 9.86. The Kier molecular flexibility index (Phi) is 6.45. The third-order valence-corrected chi connectivity index (χ3v) is 8.46. The molecular weight excluding hydrogens is 436 g/mol. The molecule has 0 unspecified atom stereocenters. The summed E-state index contributed by atoms with van der Waals surface area (Å²) in [5.41, 5.74) is 12.2. The molecule has 2 fully saturated rings. The normalized spacial score (nSPS) is 24.7. The van der Waals surface area contributed by atoms with Gasteiger partial charge in [0.1, 0.15) is 0 Å². The molecule has 0 bridgehead atoms. The lowest BCUT2D eigenvalue weighted by molar-refractivity contribution is 0.0882. The van der Waals surface area contributed by atoms with E-state index in [1.807, 2.05) is 24.3 Å². The highest BCUT2D eigenvalue weighted by molar-refractivity contribution is 7.91. The van der Waals surface area contributed by atoms with Crippen molar-refractivity contribution >= 4 is 21.2 Å². The molecule has 176 valence electrons. The monoisotopic (exact) mass is 468 g/mol. The number of hydrogen-bond donors (Lipinski definition) is 1. The highest BCUT2D eigenvalue weighted by Crippen LogP contribution is 2.39. The third-order valence-electron chi connectivity index (χ3n) is 6.67. The van der Waals surface area contributed by atoms with E-state index in [0.29, 0.717) is 12.1 Å². The molecule has 2 aromatic carbocycles. The standard InChI is InChI=1S/C25H32N4O3S/c1-25(2,3)19-5-4-6-22(14-19)29(21-11-12-21)23-16-33(31,32)15-18(24(23)30)13-17-7-9-20(10-8-17)27-28-26/h4-10,14,18,21,23-24,30H,11-13,15-16H2,1-3H3/t18-,23+,24+/m1/s1. The lowest BCUT2D eigenvalue weighted by Gasteiger charge is -2.43. The van der Waals surface area contributed by atoms with Crippen molar-refractivity contribution in [3.05, 3.63) is 70.1 Å². The number of aliphatic hydroxyl groups excluding tert-OH is 1. The van der Waals surface area contributed by atoms with Gasteiger partial charge in [-0.15, -0.1) is 0 Å². The Bertz CT molecular complexity index is 1150. The summed E-state index contributed by atoms with van der Waals surface area (Å²) in [7, 11) is -3.32. The quantitative estimate of drug-likeness (QED) is 0.369. The Balaban J connectivity index is 1.63. The number of aliphatic hydroxyl groups is 1. The number of nitrogens with zero attached hydrogens (tertiary/aromatic N) is 4. The van der Waals surface area contributed by atoms with E-state index in [0.717, 1.165) is 24.1 Å². The van der Waals surface area contributed by atoms with Gasteiger partial charge in [0, 0.05) is 28.2 Å². The van der Waals surface area contributed by atoms with Gasteiger partial charge in [-0.1, -0.05) is 62.3 Å². The Morgan fingerprint density at radius 1 is 1.12 bits per heavy atom. The topological polar surface area (TPSA) is 106 Å². The van der Waals surface area contributed by atoms with E-state index >= 15 is 0 Å². The molecule has 3 atom stereocenters. The molecule has 2 aromatic rings. The van der Waals surface area contributed by atoms with Gasteiger partial charge >= 0.3 is 0 Å². The minimum absolute atomic E-state index is 0.0211. The van der Waals surface area contributed by atoms with Crippen molar-refractivity contribution in [3.63, 3.8) is 0 Å². The Morgan fingerprint density at radius 2 is 1.82 bits per heavy atom. The van der Waals surface area contributed by atoms with Gasteiger partial charge in [-0.2, -0.15) is 0 Å². The first-order valence-electron chi connectivity index (χ1n) is 11.5. The number of sulfone groups is 1. The second kappa shape index (κ2) is 9.01. The zero-order valence-electron chi connectivity index (χ0n) is 19.4. The predicted molar refractivity (Wildman–Crippen MR) is 132 cm³/mol. The molecule has 0 amide bonds. The van der Waals surface area contributed by atoms with E-state index in [2.05, 4.69) is 47.8 Å². The fourth-order valence-corrected chi connectivity index (χ4v) is 6.78. The van der Waals surface area contributed by atoms with E-state index < -0.39 is 27.9 Å². The molecule has 4 rings (SSSR count). The van der Waals surface area contributed by atoms with Crippen LogP contribution in [-0.2, 0) is 21.7 Å². The van der Waals surface area contributed by atoms with Crippen LogP contribution in [0, 0.1) is 5.92 Å². The zero-order chi connectivity index (χ0) is 23.8. The summed E-state index contributed by atoms with van der Waals surface area (Å²) in [6, 6.07) is 15.2. The number of hydrogen-bond acceptors (Lipinski definition) is 5. The second-order valence-corrected chi connectivity index (χ2v) is 12.5. The first-order chi connectivity index (χ1) is 15.6. The minimum atomic E-state index is -3.32. The zero-order valence-corrected chi connectivity index (χ0v) is 20.2. The highest BCUT2D eigenvalue weighted by Gasteiger charge is 2.46. The van der Waals surface area contributed by atoms with Crippen LogP contribution in [0.5, 0.6) is 0 Å². The smallest absolute Gasteiger partial charge is 0.152 e. The maximum atomic E-state index is 13.0. The number of azide groups is 1. The predicted octanol–water partition coefficient (Wildman–Crippen LogP) is 4.91. The molecule has 1 N–H and O–H groups in total. The average molecular weight is 469 g/mol. The lowest BCUT2D eigenvalue weighted by Crippen LogP contribution is -2.57. The number of benzene rings is 2. The molecule has 33 heavy (non-hydrogen) atoms. The highest BCUT2D eigenvalue weighted by atomic mass is 32.2. The number of rotatable bonds is 6. The molecule has 7 nitrogen and oxygen atoms in total. The summed E-state index contributed by atoms with van der Waals surface area (Å²) >= 11 is 0. The van der Waals surface area contributed by atoms with Crippen molar-refractivity contribution < 1.29 is 13.5 Å². The van der Waals surface area contributed by atoms with Crippen molar-refractivity contribution in [2.45, 2.75) is 63.6 Å². The molecule has 0 aromatic heterocycles. The van der Waals surface area contributed by atoms with Gasteiger partial charge in [0.25, 0.3) is 0 Å². The van der Waals surface area contributed by atoms with Gasteiger partial charge in [-0.3, -0.25) is 0 Å². The minimum Gasteiger partial charge on any atom is -0.391 e. The van der Waals surface area contributed by atoms with Crippen LogP contribution in [0.3, 0.4) is 0 Å². The largest absolute Gasteiger partial charge is 0.391 e. The summed E-state index contributed by atoms with van der Waals surface area (Å²) in [6.07, 6.45) is 1.71. The Morgan fingerprint density at radius 3 is 2.42 bits per heavy atom. The van der Waals surface area contributed by atoms with E-state index in [1.165, 1.54) is 5.56 Å². The van der Waals surface area contributed by atoms with Gasteiger partial charge < -0.3 is 10.0 Å². The second-order valence-electron chi connectivity index (χ2n) is 10.4. The van der Waals surface area contributed by atoms with E-state index in [9.17, 15) is 13.5 Å². The van der Waals surface area contributed by atoms with Gasteiger partial charge in [-0.05, 0) is 53.5 Å². The van der Waals surface area contributed by atoms with Crippen molar-refractivity contribution in [3.8, 4) is 0 Å². The summed E-state index contributed by atoms with van der Waals surface area (Å²) < 4.78 is 25.9. The van der Waals surface area contributed by atoms with E-state index in [1.54, 1.807) is 12.1 Å². The number of anilines is 1. The Labute approximate surface area is 196 Å². The van der Waals surface area contributed by atoms with Crippen molar-refractivity contribution in [2.75, 3.05) is 16.4 Å². The van der Waals surface area contributed by atoms with Crippen LogP contribution in [0.15, 0.2) is 53.6 Å². The molecule has 0 radical (unpaired) electrons. The SMILES string of the molecule is CC(C)(C)c1cccc(N(C2CC2)[C@H]2CS(=O)(=O)C[C@@H](Cc3ccc(N=[N+]=[N-])cc3)[C@@H]2O)c1. The van der Waals surface area contributed by atoms with Crippen LogP contribution < -0.4 is 4.90 Å². The molecule has 8 heteroatoms. The molecule has 1 aliphatic heterocycles. The van der Waals surface area contributed by atoms with Crippen LogP contribution in [0.4, 0.5) is 11.4 Å².